The summed E-state index contributed by atoms with van der Waals surface area (Å²) in [5.74, 6) is 0.609. The summed E-state index contributed by atoms with van der Waals surface area (Å²) >= 11 is 6.09. The largest absolute Gasteiger partial charge is 0.341 e. The van der Waals surface area contributed by atoms with Crippen molar-refractivity contribution in [2.45, 2.75) is 25.8 Å². The second kappa shape index (κ2) is 6.05. The van der Waals surface area contributed by atoms with Crippen LogP contribution in [0.4, 0.5) is 0 Å². The molecule has 1 aromatic carbocycles. The minimum Gasteiger partial charge on any atom is -0.341 e. The van der Waals surface area contributed by atoms with Crippen LogP contribution in [0.15, 0.2) is 36.4 Å². The molecule has 1 amide bonds. The summed E-state index contributed by atoms with van der Waals surface area (Å²) in [6.07, 6.45) is 7.13. The molecule has 0 radical (unpaired) electrons. The van der Waals surface area contributed by atoms with Crippen molar-refractivity contribution in [3.8, 4) is 0 Å². The minimum atomic E-state index is 0.187. The van der Waals surface area contributed by atoms with Crippen molar-refractivity contribution >= 4 is 17.5 Å². The quantitative estimate of drug-likeness (QED) is 0.760. The van der Waals surface area contributed by atoms with Gasteiger partial charge in [0.25, 0.3) is 0 Å². The second-order valence-corrected chi connectivity index (χ2v) is 5.22. The molecule has 0 fully saturated rings. The van der Waals surface area contributed by atoms with Crippen LogP contribution >= 0.6 is 11.6 Å². The first-order valence-electron chi connectivity index (χ1n) is 6.31. The van der Waals surface area contributed by atoms with Gasteiger partial charge < -0.3 is 4.90 Å². The average Bonchev–Trinajstić information content (AvgIpc) is 2.84. The third-order valence-corrected chi connectivity index (χ3v) is 3.71. The summed E-state index contributed by atoms with van der Waals surface area (Å²) in [6, 6.07) is 7.66. The molecule has 96 valence electrons. The summed E-state index contributed by atoms with van der Waals surface area (Å²) in [5, 5.41) is 0.720. The van der Waals surface area contributed by atoms with Crippen molar-refractivity contribution in [1.82, 2.24) is 4.90 Å². The molecule has 2 nitrogen and oxygen atoms in total. The highest BCUT2D eigenvalue weighted by molar-refractivity contribution is 6.31. The molecule has 0 saturated heterocycles. The van der Waals surface area contributed by atoms with Gasteiger partial charge in [0.1, 0.15) is 0 Å². The topological polar surface area (TPSA) is 20.3 Å². The molecule has 1 aliphatic rings. The number of carbonyl (C=O) groups excluding carboxylic acids is 1. The van der Waals surface area contributed by atoms with Crippen molar-refractivity contribution in [2.24, 2.45) is 5.92 Å². The Kier molecular flexibility index (Phi) is 4.43. The van der Waals surface area contributed by atoms with Gasteiger partial charge in [-0.3, -0.25) is 4.79 Å². The van der Waals surface area contributed by atoms with E-state index in [0.29, 0.717) is 18.9 Å². The Morgan fingerprint density at radius 2 is 2.22 bits per heavy atom. The molecule has 18 heavy (non-hydrogen) atoms. The smallest absolute Gasteiger partial charge is 0.223 e. The van der Waals surface area contributed by atoms with Crippen LogP contribution in [0, 0.1) is 5.92 Å². The zero-order valence-corrected chi connectivity index (χ0v) is 11.4. The number of allylic oxidation sites excluding steroid dienone is 2. The highest BCUT2D eigenvalue weighted by Crippen LogP contribution is 2.22. The first kappa shape index (κ1) is 13.2. The SMILES string of the molecule is CN(Cc1ccccc1Cl)C(=O)CC1C=CCC1. The molecule has 1 unspecified atom stereocenters. The van der Waals surface area contributed by atoms with Gasteiger partial charge in [-0.15, -0.1) is 0 Å². The Morgan fingerprint density at radius 3 is 2.89 bits per heavy atom. The van der Waals surface area contributed by atoms with Gasteiger partial charge in [0.2, 0.25) is 5.91 Å². The van der Waals surface area contributed by atoms with Gasteiger partial charge in [-0.2, -0.15) is 0 Å². The van der Waals surface area contributed by atoms with E-state index in [1.165, 1.54) is 0 Å². The Bertz CT molecular complexity index is 456. The highest BCUT2D eigenvalue weighted by atomic mass is 35.5. The van der Waals surface area contributed by atoms with Crippen molar-refractivity contribution < 1.29 is 4.79 Å². The highest BCUT2D eigenvalue weighted by Gasteiger charge is 2.17. The summed E-state index contributed by atoms with van der Waals surface area (Å²) < 4.78 is 0. The van der Waals surface area contributed by atoms with Crippen LogP contribution < -0.4 is 0 Å². The number of benzene rings is 1. The lowest BCUT2D eigenvalue weighted by Crippen LogP contribution is -2.27. The maximum atomic E-state index is 12.1. The number of nitrogens with zero attached hydrogens (tertiary/aromatic N) is 1. The van der Waals surface area contributed by atoms with Crippen LogP contribution in [0.25, 0.3) is 0 Å². The molecule has 0 spiro atoms. The van der Waals surface area contributed by atoms with E-state index in [4.69, 9.17) is 11.6 Å². The van der Waals surface area contributed by atoms with Gasteiger partial charge in [0, 0.05) is 25.0 Å². The van der Waals surface area contributed by atoms with E-state index in [2.05, 4.69) is 12.2 Å². The Labute approximate surface area is 113 Å². The lowest BCUT2D eigenvalue weighted by molar-refractivity contribution is -0.131. The van der Waals surface area contributed by atoms with Gasteiger partial charge in [-0.05, 0) is 30.4 Å². The zero-order valence-electron chi connectivity index (χ0n) is 10.6. The van der Waals surface area contributed by atoms with Gasteiger partial charge in [-0.25, -0.2) is 0 Å². The molecule has 1 aromatic rings. The molecule has 0 bridgehead atoms. The van der Waals surface area contributed by atoms with E-state index in [1.807, 2.05) is 31.3 Å². The number of hydrogen-bond acceptors (Lipinski definition) is 1. The molecule has 3 heteroatoms. The first-order valence-corrected chi connectivity index (χ1v) is 6.68. The first-order chi connectivity index (χ1) is 8.66. The predicted octanol–water partition coefficient (Wildman–Crippen LogP) is 3.65. The molecule has 0 aromatic heterocycles. The van der Waals surface area contributed by atoms with Crippen LogP contribution in [0.5, 0.6) is 0 Å². The lowest BCUT2D eigenvalue weighted by atomic mass is 10.0. The lowest BCUT2D eigenvalue weighted by Gasteiger charge is -2.19. The molecule has 1 aliphatic carbocycles. The Balaban J connectivity index is 1.91. The molecular weight excluding hydrogens is 246 g/mol. The maximum Gasteiger partial charge on any atom is 0.223 e. The van der Waals surface area contributed by atoms with Gasteiger partial charge in [0.05, 0.1) is 0 Å². The maximum absolute atomic E-state index is 12.1. The molecule has 0 N–H and O–H groups in total. The van der Waals surface area contributed by atoms with Gasteiger partial charge in [0.15, 0.2) is 0 Å². The number of halogens is 1. The zero-order chi connectivity index (χ0) is 13.0. The summed E-state index contributed by atoms with van der Waals surface area (Å²) in [6.45, 7) is 0.578. The molecular formula is C15H18ClNO. The third-order valence-electron chi connectivity index (χ3n) is 3.34. The van der Waals surface area contributed by atoms with Crippen LogP contribution in [0.1, 0.15) is 24.8 Å². The second-order valence-electron chi connectivity index (χ2n) is 4.81. The summed E-state index contributed by atoms with van der Waals surface area (Å²) in [5.41, 5.74) is 0.997. The third kappa shape index (κ3) is 3.36. The summed E-state index contributed by atoms with van der Waals surface area (Å²) in [4.78, 5) is 13.8. The van der Waals surface area contributed by atoms with Crippen LogP contribution in [0.3, 0.4) is 0 Å². The van der Waals surface area contributed by atoms with Crippen LogP contribution in [0.2, 0.25) is 5.02 Å². The fourth-order valence-corrected chi connectivity index (χ4v) is 2.41. The van der Waals surface area contributed by atoms with Crippen molar-refractivity contribution in [3.05, 3.63) is 47.0 Å². The minimum absolute atomic E-state index is 0.187. The molecule has 0 heterocycles. The molecule has 0 aliphatic heterocycles. The number of amides is 1. The fourth-order valence-electron chi connectivity index (χ4n) is 2.22. The Hall–Kier alpha value is -1.28. The molecule has 1 atom stereocenters. The number of carbonyl (C=O) groups is 1. The van der Waals surface area contributed by atoms with Crippen molar-refractivity contribution in [2.75, 3.05) is 7.05 Å². The van der Waals surface area contributed by atoms with E-state index >= 15 is 0 Å². The summed E-state index contributed by atoms with van der Waals surface area (Å²) in [7, 11) is 1.84. The predicted molar refractivity (Wildman–Crippen MR) is 74.4 cm³/mol. The normalized spacial score (nSPS) is 18.0. The fraction of sp³-hybridized carbons (Fsp3) is 0.400. The van der Waals surface area contributed by atoms with Gasteiger partial charge in [-0.1, -0.05) is 42.0 Å². The Morgan fingerprint density at radius 1 is 1.44 bits per heavy atom. The van der Waals surface area contributed by atoms with Gasteiger partial charge >= 0.3 is 0 Å². The molecule has 0 saturated carbocycles. The van der Waals surface area contributed by atoms with Crippen LogP contribution in [-0.2, 0) is 11.3 Å². The van der Waals surface area contributed by atoms with E-state index < -0.39 is 0 Å². The van der Waals surface area contributed by atoms with Crippen molar-refractivity contribution in [1.29, 1.82) is 0 Å². The van der Waals surface area contributed by atoms with Crippen LogP contribution in [-0.4, -0.2) is 17.9 Å². The van der Waals surface area contributed by atoms with E-state index in [9.17, 15) is 4.79 Å². The average molecular weight is 264 g/mol. The number of rotatable bonds is 4. The number of hydrogen-bond donors (Lipinski definition) is 0. The molecule has 2 rings (SSSR count). The van der Waals surface area contributed by atoms with E-state index in [1.54, 1.807) is 4.90 Å². The van der Waals surface area contributed by atoms with E-state index in [0.717, 1.165) is 23.4 Å². The van der Waals surface area contributed by atoms with E-state index in [-0.39, 0.29) is 5.91 Å². The van der Waals surface area contributed by atoms with Crippen molar-refractivity contribution in [3.63, 3.8) is 0 Å². The standard InChI is InChI=1S/C15H18ClNO/c1-17(11-13-8-4-5-9-14(13)16)15(18)10-12-6-2-3-7-12/h2,4-6,8-9,12H,3,7,10-11H2,1H3. The monoisotopic (exact) mass is 263 g/mol.